The fraction of sp³-hybridized carbons (Fsp3) is 0.480. The van der Waals surface area contributed by atoms with Gasteiger partial charge in [0.25, 0.3) is 5.91 Å². The molecule has 1 saturated heterocycles. The average Bonchev–Trinajstić information content (AvgIpc) is 3.20. The molecule has 0 saturated carbocycles. The number of carbonyl (C=O) groups is 1. The molecule has 1 aliphatic heterocycles. The molecule has 7 nitrogen and oxygen atoms in total. The molecule has 1 unspecified atom stereocenters. The van der Waals surface area contributed by atoms with E-state index in [9.17, 15) is 4.79 Å². The molecule has 0 aliphatic carbocycles. The van der Waals surface area contributed by atoms with E-state index in [1.807, 2.05) is 40.8 Å². The predicted molar refractivity (Wildman–Crippen MR) is 126 cm³/mol. The van der Waals surface area contributed by atoms with Crippen molar-refractivity contribution in [3.05, 3.63) is 59.4 Å². The Morgan fingerprint density at radius 2 is 1.88 bits per heavy atom. The Morgan fingerprint density at radius 3 is 2.56 bits per heavy atom. The van der Waals surface area contributed by atoms with Gasteiger partial charge >= 0.3 is 0 Å². The first-order valence-corrected chi connectivity index (χ1v) is 11.4. The van der Waals surface area contributed by atoms with Gasteiger partial charge in [0, 0.05) is 43.6 Å². The molecule has 1 aromatic carbocycles. The van der Waals surface area contributed by atoms with Gasteiger partial charge in [0.05, 0.1) is 30.7 Å². The molecule has 7 heteroatoms. The van der Waals surface area contributed by atoms with Crippen LogP contribution < -0.4 is 0 Å². The molecule has 1 atom stereocenters. The van der Waals surface area contributed by atoms with Crippen LogP contribution in [0, 0.1) is 6.92 Å². The van der Waals surface area contributed by atoms with Gasteiger partial charge in [-0.2, -0.15) is 5.10 Å². The van der Waals surface area contributed by atoms with E-state index in [1.54, 1.807) is 6.20 Å². The van der Waals surface area contributed by atoms with Gasteiger partial charge in [0.15, 0.2) is 5.65 Å². The number of amides is 1. The van der Waals surface area contributed by atoms with Crippen LogP contribution in [-0.4, -0.2) is 69.4 Å². The van der Waals surface area contributed by atoms with E-state index in [-0.39, 0.29) is 18.0 Å². The van der Waals surface area contributed by atoms with E-state index in [2.05, 4.69) is 42.9 Å². The lowest BCUT2D eigenvalue weighted by atomic mass is 10.1. The zero-order valence-electron chi connectivity index (χ0n) is 19.5. The normalized spacial score (nSPS) is 15.9. The summed E-state index contributed by atoms with van der Waals surface area (Å²) in [6.45, 7) is 12.9. The number of nitrogens with zero attached hydrogens (tertiary/aromatic N) is 5. The Labute approximate surface area is 190 Å². The fourth-order valence-electron chi connectivity index (χ4n) is 4.28. The SMILES string of the molecule is Cc1nc2c(cnn2C(C)C)cc1C(=O)N(Cc1ccccc1)C(C)CN1CCOCC1. The monoisotopic (exact) mass is 435 g/mol. The maximum absolute atomic E-state index is 13.9. The quantitative estimate of drug-likeness (QED) is 0.566. The molecule has 0 bridgehead atoms. The van der Waals surface area contributed by atoms with Crippen molar-refractivity contribution < 1.29 is 9.53 Å². The Kier molecular flexibility index (Phi) is 6.86. The van der Waals surface area contributed by atoms with Gasteiger partial charge in [-0.05, 0) is 39.3 Å². The Balaban J connectivity index is 1.64. The summed E-state index contributed by atoms with van der Waals surface area (Å²) in [6, 6.07) is 12.4. The van der Waals surface area contributed by atoms with Gasteiger partial charge in [-0.1, -0.05) is 30.3 Å². The number of rotatable bonds is 7. The van der Waals surface area contributed by atoms with E-state index >= 15 is 0 Å². The summed E-state index contributed by atoms with van der Waals surface area (Å²) in [7, 11) is 0. The number of ether oxygens (including phenoxy) is 1. The van der Waals surface area contributed by atoms with Crippen molar-refractivity contribution in [1.29, 1.82) is 0 Å². The summed E-state index contributed by atoms with van der Waals surface area (Å²) in [5, 5.41) is 5.37. The highest BCUT2D eigenvalue weighted by atomic mass is 16.5. The largest absolute Gasteiger partial charge is 0.379 e. The summed E-state index contributed by atoms with van der Waals surface area (Å²) in [5.74, 6) is 0.0128. The van der Waals surface area contributed by atoms with Crippen LogP contribution in [0.1, 0.15) is 48.4 Å². The van der Waals surface area contributed by atoms with Crippen LogP contribution >= 0.6 is 0 Å². The minimum Gasteiger partial charge on any atom is -0.379 e. The molecule has 1 amide bonds. The van der Waals surface area contributed by atoms with Crippen LogP contribution in [0.2, 0.25) is 0 Å². The zero-order valence-corrected chi connectivity index (χ0v) is 19.5. The highest BCUT2D eigenvalue weighted by Gasteiger charge is 2.26. The Hall–Kier alpha value is -2.77. The van der Waals surface area contributed by atoms with Crippen molar-refractivity contribution in [1.82, 2.24) is 24.6 Å². The summed E-state index contributed by atoms with van der Waals surface area (Å²) < 4.78 is 7.39. The van der Waals surface area contributed by atoms with Crippen molar-refractivity contribution in [2.24, 2.45) is 0 Å². The second-order valence-corrected chi connectivity index (χ2v) is 8.90. The van der Waals surface area contributed by atoms with E-state index in [1.165, 1.54) is 0 Å². The van der Waals surface area contributed by atoms with Crippen molar-refractivity contribution in [2.75, 3.05) is 32.8 Å². The molecule has 3 heterocycles. The minimum absolute atomic E-state index is 0.0128. The molecule has 1 fully saturated rings. The summed E-state index contributed by atoms with van der Waals surface area (Å²) >= 11 is 0. The third-order valence-electron chi connectivity index (χ3n) is 6.09. The van der Waals surface area contributed by atoms with Crippen LogP contribution in [0.3, 0.4) is 0 Å². The van der Waals surface area contributed by atoms with Gasteiger partial charge < -0.3 is 9.64 Å². The van der Waals surface area contributed by atoms with Crippen LogP contribution in [0.15, 0.2) is 42.6 Å². The molecule has 32 heavy (non-hydrogen) atoms. The molecule has 1 aliphatic rings. The second-order valence-electron chi connectivity index (χ2n) is 8.90. The number of pyridine rings is 1. The lowest BCUT2D eigenvalue weighted by Gasteiger charge is -2.35. The number of hydrogen-bond donors (Lipinski definition) is 0. The summed E-state index contributed by atoms with van der Waals surface area (Å²) in [4.78, 5) is 23.0. The van der Waals surface area contributed by atoms with Gasteiger partial charge in [-0.15, -0.1) is 0 Å². The Morgan fingerprint density at radius 1 is 1.16 bits per heavy atom. The summed E-state index contributed by atoms with van der Waals surface area (Å²) in [6.07, 6.45) is 1.80. The van der Waals surface area contributed by atoms with E-state index in [0.717, 1.165) is 55.1 Å². The lowest BCUT2D eigenvalue weighted by Crippen LogP contribution is -2.48. The van der Waals surface area contributed by atoms with Crippen LogP contribution in [0.5, 0.6) is 0 Å². The third-order valence-corrected chi connectivity index (χ3v) is 6.09. The van der Waals surface area contributed by atoms with E-state index in [4.69, 9.17) is 9.72 Å². The average molecular weight is 436 g/mol. The number of aromatic nitrogens is 3. The molecule has 2 aromatic heterocycles. The topological polar surface area (TPSA) is 63.5 Å². The number of aryl methyl sites for hydroxylation is 1. The first-order valence-electron chi connectivity index (χ1n) is 11.4. The number of hydrogen-bond acceptors (Lipinski definition) is 5. The zero-order chi connectivity index (χ0) is 22.7. The number of benzene rings is 1. The fourth-order valence-corrected chi connectivity index (χ4v) is 4.28. The summed E-state index contributed by atoms with van der Waals surface area (Å²) in [5.41, 5.74) is 3.33. The van der Waals surface area contributed by atoms with Gasteiger partial charge in [-0.3, -0.25) is 9.69 Å². The maximum atomic E-state index is 13.9. The molecule has 4 rings (SSSR count). The lowest BCUT2D eigenvalue weighted by molar-refractivity contribution is 0.0228. The van der Waals surface area contributed by atoms with Crippen molar-refractivity contribution in [3.63, 3.8) is 0 Å². The minimum atomic E-state index is 0.0128. The molecule has 3 aromatic rings. The van der Waals surface area contributed by atoms with Crippen LogP contribution in [0.4, 0.5) is 0 Å². The van der Waals surface area contributed by atoms with E-state index in [0.29, 0.717) is 12.1 Å². The molecular formula is C25H33N5O2. The van der Waals surface area contributed by atoms with Crippen molar-refractivity contribution >= 4 is 16.9 Å². The maximum Gasteiger partial charge on any atom is 0.256 e. The number of fused-ring (bicyclic) bond motifs is 1. The third kappa shape index (κ3) is 4.84. The van der Waals surface area contributed by atoms with Gasteiger partial charge in [0.2, 0.25) is 0 Å². The van der Waals surface area contributed by atoms with Gasteiger partial charge in [0.1, 0.15) is 0 Å². The predicted octanol–water partition coefficient (Wildman–Crippen LogP) is 3.68. The van der Waals surface area contributed by atoms with Crippen LogP contribution in [-0.2, 0) is 11.3 Å². The molecule has 0 spiro atoms. The number of carbonyl (C=O) groups excluding carboxylic acids is 1. The van der Waals surface area contributed by atoms with Gasteiger partial charge in [-0.25, -0.2) is 9.67 Å². The smallest absolute Gasteiger partial charge is 0.256 e. The van der Waals surface area contributed by atoms with Crippen LogP contribution in [0.25, 0.3) is 11.0 Å². The first kappa shape index (κ1) is 22.4. The highest BCUT2D eigenvalue weighted by molar-refractivity contribution is 5.98. The number of morpholine rings is 1. The second kappa shape index (κ2) is 9.79. The van der Waals surface area contributed by atoms with Crippen molar-refractivity contribution in [2.45, 2.75) is 46.3 Å². The first-order chi connectivity index (χ1) is 15.4. The molecule has 170 valence electrons. The molecule has 0 radical (unpaired) electrons. The van der Waals surface area contributed by atoms with Crippen molar-refractivity contribution in [3.8, 4) is 0 Å². The Bertz CT molecular complexity index is 1060. The highest BCUT2D eigenvalue weighted by Crippen LogP contribution is 2.22. The molecular weight excluding hydrogens is 402 g/mol. The standard InChI is InChI=1S/C25H33N5O2/c1-18(2)30-24-22(15-26-30)14-23(20(4)27-24)25(31)29(17-21-8-6-5-7-9-21)19(3)16-28-10-12-32-13-11-28/h5-9,14-15,18-19H,10-13,16-17H2,1-4H3. The van der Waals surface area contributed by atoms with E-state index < -0.39 is 0 Å². The molecule has 0 N–H and O–H groups in total.